The van der Waals surface area contributed by atoms with Crippen LogP contribution in [0.3, 0.4) is 0 Å². The molecule has 2 heterocycles. The van der Waals surface area contributed by atoms with Crippen LogP contribution in [0.2, 0.25) is 0 Å². The summed E-state index contributed by atoms with van der Waals surface area (Å²) in [5.41, 5.74) is 0.0497. The van der Waals surface area contributed by atoms with E-state index in [0.29, 0.717) is 24.6 Å². The Morgan fingerprint density at radius 1 is 1.31 bits per heavy atom. The Balaban J connectivity index is 1.59. The van der Waals surface area contributed by atoms with Crippen molar-refractivity contribution in [3.8, 4) is 0 Å². The molecule has 0 spiro atoms. The zero-order valence-electron chi connectivity index (χ0n) is 14.6. The maximum Gasteiger partial charge on any atom is 0.235 e. The third kappa shape index (κ3) is 2.89. The fourth-order valence-corrected chi connectivity index (χ4v) is 6.20. The van der Waals surface area contributed by atoms with E-state index in [1.54, 1.807) is 0 Å². The summed E-state index contributed by atoms with van der Waals surface area (Å²) in [7, 11) is -3.47. The van der Waals surface area contributed by atoms with E-state index < -0.39 is 21.3 Å². The first-order valence-corrected chi connectivity index (χ1v) is 10.9. The third-order valence-electron chi connectivity index (χ3n) is 6.06. The van der Waals surface area contributed by atoms with Crippen molar-refractivity contribution in [3.05, 3.63) is 24.0 Å². The minimum atomic E-state index is -3.47. The van der Waals surface area contributed by atoms with Gasteiger partial charge in [-0.25, -0.2) is 12.8 Å². The van der Waals surface area contributed by atoms with Crippen LogP contribution in [-0.2, 0) is 14.8 Å². The molecule has 0 bridgehead atoms. The summed E-state index contributed by atoms with van der Waals surface area (Å²) in [6.45, 7) is 1.79. The summed E-state index contributed by atoms with van der Waals surface area (Å²) in [5, 5.41) is 6.26. The molecule has 4 rings (SSSR count). The number of nitrogens with one attached hydrogen (secondary N) is 2. The normalized spacial score (nSPS) is 30.2. The van der Waals surface area contributed by atoms with Crippen molar-refractivity contribution >= 4 is 27.3 Å². The largest absolute Gasteiger partial charge is 0.325 e. The quantitative estimate of drug-likeness (QED) is 0.840. The molecule has 1 aromatic rings. The lowest BCUT2D eigenvalue weighted by molar-refractivity contribution is -0.128. The Morgan fingerprint density at radius 2 is 2.15 bits per heavy atom. The molecule has 2 saturated heterocycles. The van der Waals surface area contributed by atoms with Crippen molar-refractivity contribution in [1.29, 1.82) is 0 Å². The number of hydrogen-bond donors (Lipinski definition) is 2. The zero-order valence-corrected chi connectivity index (χ0v) is 15.4. The van der Waals surface area contributed by atoms with E-state index in [9.17, 15) is 17.6 Å². The van der Waals surface area contributed by atoms with Gasteiger partial charge in [-0.1, -0.05) is 12.8 Å². The highest BCUT2D eigenvalue weighted by Gasteiger charge is 2.49. The average Bonchev–Trinajstić information content (AvgIpc) is 3.20. The molecule has 1 amide bonds. The molecule has 0 unspecified atom stereocenters. The molecular weight excluding hydrogens is 357 g/mol. The van der Waals surface area contributed by atoms with Crippen LogP contribution >= 0.6 is 0 Å². The Morgan fingerprint density at radius 3 is 2.92 bits per heavy atom. The lowest BCUT2D eigenvalue weighted by Gasteiger charge is -2.37. The highest BCUT2D eigenvalue weighted by atomic mass is 32.2. The minimum Gasteiger partial charge on any atom is -0.325 e. The van der Waals surface area contributed by atoms with Gasteiger partial charge in [0, 0.05) is 18.8 Å². The van der Waals surface area contributed by atoms with E-state index in [1.807, 2.05) is 0 Å². The fourth-order valence-electron chi connectivity index (χ4n) is 4.64. The van der Waals surface area contributed by atoms with Gasteiger partial charge in [0.1, 0.15) is 5.82 Å². The highest BCUT2D eigenvalue weighted by Crippen LogP contribution is 2.44. The molecule has 1 saturated carbocycles. The molecule has 1 aliphatic carbocycles. The summed E-state index contributed by atoms with van der Waals surface area (Å²) < 4.78 is 39.6. The van der Waals surface area contributed by atoms with Gasteiger partial charge in [-0.05, 0) is 49.9 Å². The van der Waals surface area contributed by atoms with E-state index in [2.05, 4.69) is 10.6 Å². The van der Waals surface area contributed by atoms with Gasteiger partial charge in [-0.2, -0.15) is 0 Å². The molecule has 8 heteroatoms. The predicted molar refractivity (Wildman–Crippen MR) is 98.0 cm³/mol. The van der Waals surface area contributed by atoms with Crippen LogP contribution in [0.1, 0.15) is 32.1 Å². The van der Waals surface area contributed by atoms with Crippen molar-refractivity contribution in [3.63, 3.8) is 0 Å². The van der Waals surface area contributed by atoms with E-state index in [-0.39, 0.29) is 23.9 Å². The Kier molecular flexibility index (Phi) is 4.43. The van der Waals surface area contributed by atoms with Crippen molar-refractivity contribution < 1.29 is 17.6 Å². The van der Waals surface area contributed by atoms with E-state index >= 15 is 0 Å². The highest BCUT2D eigenvalue weighted by molar-refractivity contribution is 7.93. The summed E-state index contributed by atoms with van der Waals surface area (Å²) in [4.78, 5) is 13.0. The smallest absolute Gasteiger partial charge is 0.235 e. The summed E-state index contributed by atoms with van der Waals surface area (Å²) in [5.74, 6) is -0.284. The van der Waals surface area contributed by atoms with Gasteiger partial charge in [-0.3, -0.25) is 9.10 Å². The maximum absolute atomic E-state index is 14.2. The number of anilines is 2. The van der Waals surface area contributed by atoms with Crippen LogP contribution in [0.25, 0.3) is 0 Å². The van der Waals surface area contributed by atoms with Crippen molar-refractivity contribution in [2.24, 2.45) is 11.3 Å². The third-order valence-corrected chi connectivity index (χ3v) is 7.92. The molecule has 3 aliphatic rings. The predicted octanol–water partition coefficient (Wildman–Crippen LogP) is 2.08. The standard InChI is InChI=1S/C18H24FN3O3S/c19-15-6-5-14(10-16(15)22-8-3-9-26(22,24)25)21-17(23)18-7-2-1-4-13(18)11-20-12-18/h5-6,10,13,20H,1-4,7-9,11-12H2,(H,21,23)/t13-,18+/m0/s1. The molecule has 0 aromatic heterocycles. The molecule has 142 valence electrons. The average molecular weight is 381 g/mol. The van der Waals surface area contributed by atoms with Crippen molar-refractivity contribution in [1.82, 2.24) is 5.32 Å². The second-order valence-corrected chi connectivity index (χ2v) is 9.60. The number of nitrogens with zero attached hydrogens (tertiary/aromatic N) is 1. The van der Waals surface area contributed by atoms with Gasteiger partial charge in [-0.15, -0.1) is 0 Å². The molecule has 2 atom stereocenters. The Bertz CT molecular complexity index is 829. The number of benzene rings is 1. The second-order valence-electron chi connectivity index (χ2n) is 7.59. The lowest BCUT2D eigenvalue weighted by Crippen LogP contribution is -2.44. The number of rotatable bonds is 3. The first-order chi connectivity index (χ1) is 12.4. The molecule has 6 nitrogen and oxygen atoms in total. The second kappa shape index (κ2) is 6.49. The van der Waals surface area contributed by atoms with Crippen LogP contribution in [0.4, 0.5) is 15.8 Å². The van der Waals surface area contributed by atoms with Gasteiger partial charge >= 0.3 is 0 Å². The molecule has 1 aromatic carbocycles. The van der Waals surface area contributed by atoms with E-state index in [4.69, 9.17) is 0 Å². The molecular formula is C18H24FN3O3S. The monoisotopic (exact) mass is 381 g/mol. The van der Waals surface area contributed by atoms with Crippen molar-refractivity contribution in [2.75, 3.05) is 35.0 Å². The maximum atomic E-state index is 14.2. The number of sulfonamides is 1. The van der Waals surface area contributed by atoms with Crippen LogP contribution in [0.15, 0.2) is 18.2 Å². The molecule has 2 aliphatic heterocycles. The zero-order chi connectivity index (χ0) is 18.4. The molecule has 26 heavy (non-hydrogen) atoms. The number of fused-ring (bicyclic) bond motifs is 1. The van der Waals surface area contributed by atoms with Crippen LogP contribution in [-0.4, -0.2) is 39.7 Å². The topological polar surface area (TPSA) is 78.5 Å². The minimum absolute atomic E-state index is 0.0162. The summed E-state index contributed by atoms with van der Waals surface area (Å²) in [6, 6.07) is 4.16. The summed E-state index contributed by atoms with van der Waals surface area (Å²) >= 11 is 0. The number of amides is 1. The first kappa shape index (κ1) is 17.7. The van der Waals surface area contributed by atoms with Gasteiger partial charge in [0.05, 0.1) is 16.9 Å². The van der Waals surface area contributed by atoms with E-state index in [0.717, 1.165) is 36.5 Å². The number of halogens is 1. The Hall–Kier alpha value is -1.67. The number of carbonyl (C=O) groups excluding carboxylic acids is 1. The number of hydrogen-bond acceptors (Lipinski definition) is 4. The first-order valence-electron chi connectivity index (χ1n) is 9.24. The van der Waals surface area contributed by atoms with Crippen LogP contribution < -0.4 is 14.9 Å². The fraction of sp³-hybridized carbons (Fsp3) is 0.611. The van der Waals surface area contributed by atoms with Gasteiger partial charge in [0.15, 0.2) is 0 Å². The lowest BCUT2D eigenvalue weighted by atomic mass is 9.67. The molecule has 0 radical (unpaired) electrons. The van der Waals surface area contributed by atoms with Gasteiger partial charge in [0.25, 0.3) is 0 Å². The van der Waals surface area contributed by atoms with Crippen LogP contribution in [0, 0.1) is 17.2 Å². The van der Waals surface area contributed by atoms with Crippen molar-refractivity contribution in [2.45, 2.75) is 32.1 Å². The molecule has 3 fully saturated rings. The van der Waals surface area contributed by atoms with E-state index in [1.165, 1.54) is 18.2 Å². The summed E-state index contributed by atoms with van der Waals surface area (Å²) in [6.07, 6.45) is 4.56. The Labute approximate surface area is 153 Å². The SMILES string of the molecule is O=C(Nc1ccc(F)c(N2CCCS2(=O)=O)c1)[C@@]12CCCC[C@H]1CNC2. The van der Waals surface area contributed by atoms with Crippen LogP contribution in [0.5, 0.6) is 0 Å². The van der Waals surface area contributed by atoms with Gasteiger partial charge in [0.2, 0.25) is 15.9 Å². The number of carbonyl (C=O) groups is 1. The van der Waals surface area contributed by atoms with Gasteiger partial charge < -0.3 is 10.6 Å². The molecule has 2 N–H and O–H groups in total.